The van der Waals surface area contributed by atoms with Crippen molar-refractivity contribution in [1.29, 1.82) is 5.26 Å². The highest BCUT2D eigenvalue weighted by atomic mass is 15.2. The lowest BCUT2D eigenvalue weighted by Gasteiger charge is -2.09. The molecule has 0 radical (unpaired) electrons. The van der Waals surface area contributed by atoms with E-state index in [-0.39, 0.29) is 0 Å². The Kier molecular flexibility index (Phi) is 4.93. The van der Waals surface area contributed by atoms with E-state index in [1.54, 1.807) is 0 Å². The van der Waals surface area contributed by atoms with Gasteiger partial charge in [-0.2, -0.15) is 5.26 Å². The van der Waals surface area contributed by atoms with E-state index in [2.05, 4.69) is 120 Å². The Morgan fingerprint density at radius 3 is 1.98 bits per heavy atom. The van der Waals surface area contributed by atoms with Crippen molar-refractivity contribution in [2.75, 3.05) is 0 Å². The topological polar surface area (TPSA) is 54.5 Å². The highest BCUT2D eigenvalue weighted by Gasteiger charge is 2.19. The first-order valence-corrected chi connectivity index (χ1v) is 14.3. The maximum absolute atomic E-state index is 9.97. The fourth-order valence-electron chi connectivity index (χ4n) is 6.63. The number of rotatable bonds is 2. The van der Waals surface area contributed by atoms with E-state index < -0.39 is 0 Å². The molecule has 7 aromatic carbocycles. The Labute approximate surface area is 246 Å². The van der Waals surface area contributed by atoms with Gasteiger partial charge in [-0.1, -0.05) is 97.1 Å². The summed E-state index contributed by atoms with van der Waals surface area (Å²) in [7, 11) is 0. The summed E-state index contributed by atoms with van der Waals surface area (Å²) in [5.74, 6) is 0.496. The zero-order valence-corrected chi connectivity index (χ0v) is 23.0. The van der Waals surface area contributed by atoms with Crippen molar-refractivity contribution in [3.8, 4) is 23.1 Å². The van der Waals surface area contributed by atoms with Crippen molar-refractivity contribution < 1.29 is 0 Å². The number of benzene rings is 7. The van der Waals surface area contributed by atoms with Gasteiger partial charge >= 0.3 is 0 Å². The van der Waals surface area contributed by atoms with Crippen molar-refractivity contribution in [2.45, 2.75) is 0 Å². The first kappa shape index (κ1) is 23.6. The maximum atomic E-state index is 9.97. The molecule has 0 N–H and O–H groups in total. The molecule has 0 unspecified atom stereocenters. The molecule has 0 saturated heterocycles. The van der Waals surface area contributed by atoms with Crippen LogP contribution in [0.4, 0.5) is 0 Å². The third kappa shape index (κ3) is 3.49. The molecule has 0 aliphatic rings. The molecule has 0 aliphatic heterocycles. The van der Waals surface area contributed by atoms with Gasteiger partial charge < -0.3 is 0 Å². The van der Waals surface area contributed by atoms with Crippen LogP contribution >= 0.6 is 0 Å². The molecule has 4 nitrogen and oxygen atoms in total. The number of nitriles is 1. The lowest BCUT2D eigenvalue weighted by atomic mass is 9.96. The molecular weight excluding hydrogens is 524 g/mol. The molecule has 2 heterocycles. The van der Waals surface area contributed by atoms with Crippen LogP contribution in [0.5, 0.6) is 0 Å². The van der Waals surface area contributed by atoms with Gasteiger partial charge in [-0.05, 0) is 79.8 Å². The van der Waals surface area contributed by atoms with E-state index in [0.29, 0.717) is 11.6 Å². The number of para-hydroxylation sites is 1. The molecule has 0 spiro atoms. The zero-order valence-electron chi connectivity index (χ0n) is 23.0. The van der Waals surface area contributed by atoms with Crippen LogP contribution in [0, 0.1) is 11.3 Å². The number of nitrogens with zero attached hydrogens (tertiary/aromatic N) is 4. The summed E-state index contributed by atoms with van der Waals surface area (Å²) in [6, 6.07) is 49.1. The predicted molar refractivity (Wildman–Crippen MR) is 177 cm³/mol. The smallest absolute Gasteiger partial charge is 0.236 e. The van der Waals surface area contributed by atoms with E-state index in [1.165, 1.54) is 37.9 Å². The summed E-state index contributed by atoms with van der Waals surface area (Å²) >= 11 is 0. The van der Waals surface area contributed by atoms with Crippen molar-refractivity contribution >= 4 is 65.0 Å². The van der Waals surface area contributed by atoms with Gasteiger partial charge in [0.1, 0.15) is 6.07 Å². The van der Waals surface area contributed by atoms with Crippen LogP contribution in [0.25, 0.3) is 82.1 Å². The number of fused-ring (bicyclic) bond motifs is 9. The summed E-state index contributed by atoms with van der Waals surface area (Å²) in [6.07, 6.45) is 0. The molecule has 9 aromatic rings. The minimum Gasteiger partial charge on any atom is -0.278 e. The van der Waals surface area contributed by atoms with Crippen molar-refractivity contribution in [3.63, 3.8) is 0 Å². The average Bonchev–Trinajstić information content (AvgIpc) is 3.41. The highest BCUT2D eigenvalue weighted by molar-refractivity contribution is 6.22. The Morgan fingerprint density at radius 2 is 1.12 bits per heavy atom. The SMILES string of the molecule is N#Cc1nc(-n2c3ccc(-c4ccc5c(ccc6ccccc65)c4)cc3c3c4ccccc4ccc32)nc2ccccc12. The number of hydrogen-bond acceptors (Lipinski definition) is 3. The van der Waals surface area contributed by atoms with Gasteiger partial charge in [0, 0.05) is 16.2 Å². The molecule has 0 atom stereocenters. The normalized spacial score (nSPS) is 11.7. The largest absolute Gasteiger partial charge is 0.278 e. The Morgan fingerprint density at radius 1 is 0.488 bits per heavy atom. The highest BCUT2D eigenvalue weighted by Crippen LogP contribution is 2.39. The molecule has 2 aromatic heterocycles. The van der Waals surface area contributed by atoms with Gasteiger partial charge in [-0.15, -0.1) is 0 Å². The Bertz CT molecular complexity index is 2640. The van der Waals surface area contributed by atoms with Crippen LogP contribution in [-0.2, 0) is 0 Å². The second-order valence-electron chi connectivity index (χ2n) is 11.0. The van der Waals surface area contributed by atoms with Crippen LogP contribution in [0.15, 0.2) is 133 Å². The van der Waals surface area contributed by atoms with Crippen LogP contribution in [0.2, 0.25) is 0 Å². The summed E-state index contributed by atoms with van der Waals surface area (Å²) < 4.78 is 2.10. The minimum atomic E-state index is 0.372. The van der Waals surface area contributed by atoms with Gasteiger partial charge in [-0.25, -0.2) is 9.97 Å². The van der Waals surface area contributed by atoms with Crippen LogP contribution in [0.3, 0.4) is 0 Å². The Balaban J connectivity index is 1.34. The van der Waals surface area contributed by atoms with E-state index in [9.17, 15) is 5.26 Å². The molecular formula is C39H22N4. The van der Waals surface area contributed by atoms with Gasteiger partial charge in [0.05, 0.1) is 16.6 Å². The van der Waals surface area contributed by atoms with Crippen LogP contribution < -0.4 is 0 Å². The number of aromatic nitrogens is 3. The molecule has 0 saturated carbocycles. The van der Waals surface area contributed by atoms with Gasteiger partial charge in [0.2, 0.25) is 5.95 Å². The number of hydrogen-bond donors (Lipinski definition) is 0. The molecule has 43 heavy (non-hydrogen) atoms. The van der Waals surface area contributed by atoms with E-state index in [1.807, 2.05) is 24.3 Å². The molecule has 0 fully saturated rings. The van der Waals surface area contributed by atoms with Crippen LogP contribution in [-0.4, -0.2) is 14.5 Å². The fourth-order valence-corrected chi connectivity index (χ4v) is 6.63. The molecule has 0 amide bonds. The minimum absolute atomic E-state index is 0.372. The van der Waals surface area contributed by atoms with Crippen molar-refractivity contribution in [3.05, 3.63) is 139 Å². The van der Waals surface area contributed by atoms with Crippen LogP contribution in [0.1, 0.15) is 5.69 Å². The predicted octanol–water partition coefficient (Wildman–Crippen LogP) is 9.73. The molecule has 4 heteroatoms. The average molecular weight is 547 g/mol. The van der Waals surface area contributed by atoms with Crippen molar-refractivity contribution in [1.82, 2.24) is 14.5 Å². The zero-order chi connectivity index (χ0) is 28.5. The van der Waals surface area contributed by atoms with E-state index in [4.69, 9.17) is 9.97 Å². The first-order chi connectivity index (χ1) is 21.3. The molecule has 0 bridgehead atoms. The first-order valence-electron chi connectivity index (χ1n) is 14.3. The summed E-state index contributed by atoms with van der Waals surface area (Å²) in [4.78, 5) is 9.72. The summed E-state index contributed by atoms with van der Waals surface area (Å²) in [5.41, 5.74) is 5.44. The molecule has 9 rings (SSSR count). The third-order valence-electron chi connectivity index (χ3n) is 8.63. The van der Waals surface area contributed by atoms with E-state index >= 15 is 0 Å². The lowest BCUT2D eigenvalue weighted by molar-refractivity contribution is 1.00. The quantitative estimate of drug-likeness (QED) is 0.203. The summed E-state index contributed by atoms with van der Waals surface area (Å²) in [5, 5.41) is 20.3. The second-order valence-corrected chi connectivity index (χ2v) is 11.0. The van der Waals surface area contributed by atoms with E-state index in [0.717, 1.165) is 38.3 Å². The van der Waals surface area contributed by atoms with Gasteiger partial charge in [-0.3, -0.25) is 4.57 Å². The standard InChI is InChI=1S/C39H22N4/c40-23-35-32-11-5-6-12-34(32)41-39(42-35)43-36-19-17-27(22-33(36)38-31-10-4-2-8-25(31)16-20-37(38)43)26-15-18-30-28(21-26)14-13-24-7-1-3-9-29(24)30/h1-22H. The maximum Gasteiger partial charge on any atom is 0.236 e. The summed E-state index contributed by atoms with van der Waals surface area (Å²) in [6.45, 7) is 0. The fraction of sp³-hybridized carbons (Fsp3) is 0. The van der Waals surface area contributed by atoms with Crippen molar-refractivity contribution in [2.24, 2.45) is 0 Å². The third-order valence-corrected chi connectivity index (χ3v) is 8.63. The molecule has 0 aliphatic carbocycles. The lowest BCUT2D eigenvalue weighted by Crippen LogP contribution is -2.03. The Hall–Kier alpha value is -6.05. The second kappa shape index (κ2) is 8.97. The van der Waals surface area contributed by atoms with Gasteiger partial charge in [0.25, 0.3) is 0 Å². The van der Waals surface area contributed by atoms with Gasteiger partial charge in [0.15, 0.2) is 5.69 Å². The molecule has 198 valence electrons. The monoisotopic (exact) mass is 546 g/mol.